The maximum atomic E-state index is 12.6. The van der Waals surface area contributed by atoms with Gasteiger partial charge in [0, 0.05) is 38.1 Å². The third kappa shape index (κ3) is 4.18. The molecule has 3 fully saturated rings. The predicted octanol–water partition coefficient (Wildman–Crippen LogP) is 1.79. The van der Waals surface area contributed by atoms with Gasteiger partial charge in [-0.15, -0.1) is 12.4 Å². The summed E-state index contributed by atoms with van der Waals surface area (Å²) in [4.78, 5) is 28.9. The first-order valence-corrected chi connectivity index (χ1v) is 8.88. The number of amides is 2. The molecule has 3 aliphatic rings. The van der Waals surface area contributed by atoms with E-state index in [4.69, 9.17) is 5.73 Å². The number of carbonyl (C=O) groups excluding carboxylic acids is 2. The van der Waals surface area contributed by atoms with E-state index < -0.39 is 0 Å². The average Bonchev–Trinajstić information content (AvgIpc) is 2.90. The first-order chi connectivity index (χ1) is 10.5. The largest absolute Gasteiger partial charge is 0.342 e. The molecule has 0 aromatic rings. The van der Waals surface area contributed by atoms with E-state index in [-0.39, 0.29) is 36.2 Å². The van der Waals surface area contributed by atoms with Crippen LogP contribution in [0.4, 0.5) is 0 Å². The average molecular weight is 344 g/mol. The lowest BCUT2D eigenvalue weighted by Crippen LogP contribution is -2.46. The van der Waals surface area contributed by atoms with E-state index >= 15 is 0 Å². The van der Waals surface area contributed by atoms with Crippen molar-refractivity contribution in [1.82, 2.24) is 9.80 Å². The monoisotopic (exact) mass is 343 g/mol. The summed E-state index contributed by atoms with van der Waals surface area (Å²) in [6.45, 7) is 4.44. The lowest BCUT2D eigenvalue weighted by Gasteiger charge is -2.34. The molecule has 0 aromatic carbocycles. The molecule has 0 bridgehead atoms. The molecule has 1 atom stereocenters. The van der Waals surface area contributed by atoms with Gasteiger partial charge in [0.05, 0.1) is 5.92 Å². The Morgan fingerprint density at radius 1 is 1.09 bits per heavy atom. The van der Waals surface area contributed by atoms with Gasteiger partial charge in [0.15, 0.2) is 0 Å². The van der Waals surface area contributed by atoms with Crippen molar-refractivity contribution in [2.24, 2.45) is 17.6 Å². The molecule has 2 amide bonds. The number of hydrogen-bond acceptors (Lipinski definition) is 3. The first kappa shape index (κ1) is 18.5. The second kappa shape index (κ2) is 7.84. The van der Waals surface area contributed by atoms with Crippen LogP contribution in [-0.2, 0) is 9.59 Å². The molecule has 2 saturated heterocycles. The zero-order valence-corrected chi connectivity index (χ0v) is 14.9. The maximum Gasteiger partial charge on any atom is 0.227 e. The Morgan fingerprint density at radius 2 is 1.70 bits per heavy atom. The second-order valence-corrected chi connectivity index (χ2v) is 7.52. The van der Waals surface area contributed by atoms with E-state index in [1.807, 2.05) is 9.80 Å². The molecule has 5 nitrogen and oxygen atoms in total. The summed E-state index contributed by atoms with van der Waals surface area (Å²) in [5.41, 5.74) is 5.90. The van der Waals surface area contributed by atoms with Gasteiger partial charge in [-0.3, -0.25) is 9.59 Å². The van der Waals surface area contributed by atoms with Gasteiger partial charge in [-0.25, -0.2) is 0 Å². The molecule has 1 saturated carbocycles. The zero-order valence-electron chi connectivity index (χ0n) is 14.1. The molecule has 2 heterocycles. The number of nitrogens with zero attached hydrogens (tertiary/aromatic N) is 2. The van der Waals surface area contributed by atoms with Crippen molar-refractivity contribution in [3.63, 3.8) is 0 Å². The van der Waals surface area contributed by atoms with Crippen molar-refractivity contribution in [3.05, 3.63) is 0 Å². The molecule has 0 radical (unpaired) electrons. The molecule has 23 heavy (non-hydrogen) atoms. The molecular weight excluding hydrogens is 314 g/mol. The van der Waals surface area contributed by atoms with Crippen LogP contribution in [-0.4, -0.2) is 53.3 Å². The number of hydrogen-bond donors (Lipinski definition) is 1. The number of halogens is 1. The lowest BCUT2D eigenvalue weighted by atomic mass is 9.86. The normalized spacial score (nSPS) is 32.8. The van der Waals surface area contributed by atoms with Gasteiger partial charge in [-0.2, -0.15) is 0 Å². The minimum absolute atomic E-state index is 0. The molecule has 2 aliphatic heterocycles. The smallest absolute Gasteiger partial charge is 0.227 e. The molecule has 3 rings (SSSR count). The lowest BCUT2D eigenvalue weighted by molar-refractivity contribution is -0.136. The molecule has 1 unspecified atom stereocenters. The fourth-order valence-electron chi connectivity index (χ4n) is 4.18. The van der Waals surface area contributed by atoms with Crippen LogP contribution < -0.4 is 5.73 Å². The third-order valence-corrected chi connectivity index (χ3v) is 5.79. The van der Waals surface area contributed by atoms with Crippen LogP contribution in [0.15, 0.2) is 0 Å². The Hall–Kier alpha value is -0.810. The number of piperidine rings is 1. The Kier molecular flexibility index (Phi) is 6.32. The molecule has 0 aromatic heterocycles. The summed E-state index contributed by atoms with van der Waals surface area (Å²) >= 11 is 0. The highest BCUT2D eigenvalue weighted by atomic mass is 35.5. The van der Waals surface area contributed by atoms with E-state index in [9.17, 15) is 9.59 Å². The maximum absolute atomic E-state index is 12.6. The van der Waals surface area contributed by atoms with Gasteiger partial charge in [0.2, 0.25) is 11.8 Å². The van der Waals surface area contributed by atoms with Crippen molar-refractivity contribution < 1.29 is 9.59 Å². The van der Waals surface area contributed by atoms with Crippen LogP contribution in [0.1, 0.15) is 51.9 Å². The van der Waals surface area contributed by atoms with Gasteiger partial charge in [0.1, 0.15) is 0 Å². The van der Waals surface area contributed by atoms with E-state index in [0.29, 0.717) is 19.0 Å². The van der Waals surface area contributed by atoms with Crippen LogP contribution in [0.2, 0.25) is 0 Å². The van der Waals surface area contributed by atoms with E-state index in [0.717, 1.165) is 44.7 Å². The Labute approximate surface area is 145 Å². The van der Waals surface area contributed by atoms with Gasteiger partial charge in [-0.1, -0.05) is 6.92 Å². The molecule has 1 aliphatic carbocycles. The van der Waals surface area contributed by atoms with Gasteiger partial charge in [0.25, 0.3) is 0 Å². The van der Waals surface area contributed by atoms with Crippen LogP contribution in [0, 0.1) is 11.8 Å². The quantitative estimate of drug-likeness (QED) is 0.831. The first-order valence-electron chi connectivity index (χ1n) is 8.88. The predicted molar refractivity (Wildman–Crippen MR) is 92.3 cm³/mol. The number of likely N-dealkylation sites (tertiary alicyclic amines) is 2. The third-order valence-electron chi connectivity index (χ3n) is 5.79. The van der Waals surface area contributed by atoms with Crippen molar-refractivity contribution in [3.8, 4) is 0 Å². The second-order valence-electron chi connectivity index (χ2n) is 7.52. The van der Waals surface area contributed by atoms with Crippen LogP contribution in [0.5, 0.6) is 0 Å². The Balaban J connectivity index is 0.00000192. The fraction of sp³-hybridized carbons (Fsp3) is 0.882. The van der Waals surface area contributed by atoms with Crippen molar-refractivity contribution in [2.75, 3.05) is 19.6 Å². The summed E-state index contributed by atoms with van der Waals surface area (Å²) in [6, 6.07) is 0.603. The van der Waals surface area contributed by atoms with E-state index in [2.05, 4.69) is 6.92 Å². The van der Waals surface area contributed by atoms with Crippen LogP contribution >= 0.6 is 12.4 Å². The van der Waals surface area contributed by atoms with E-state index in [1.54, 1.807) is 0 Å². The summed E-state index contributed by atoms with van der Waals surface area (Å²) in [5.74, 6) is 1.02. The van der Waals surface area contributed by atoms with Crippen molar-refractivity contribution in [1.29, 1.82) is 0 Å². The van der Waals surface area contributed by atoms with Gasteiger partial charge < -0.3 is 15.5 Å². The van der Waals surface area contributed by atoms with Gasteiger partial charge in [-0.05, 0) is 44.4 Å². The Morgan fingerprint density at radius 3 is 2.30 bits per heavy atom. The molecule has 0 spiro atoms. The minimum atomic E-state index is -0.124. The van der Waals surface area contributed by atoms with Crippen LogP contribution in [0.3, 0.4) is 0 Å². The van der Waals surface area contributed by atoms with E-state index in [1.165, 1.54) is 12.8 Å². The number of carbonyl (C=O) groups is 2. The van der Waals surface area contributed by atoms with Crippen molar-refractivity contribution >= 4 is 24.2 Å². The Bertz CT molecular complexity index is 430. The highest BCUT2D eigenvalue weighted by Crippen LogP contribution is 2.32. The highest BCUT2D eigenvalue weighted by molar-refractivity contribution is 5.89. The van der Waals surface area contributed by atoms with Crippen molar-refractivity contribution in [2.45, 2.75) is 64.0 Å². The summed E-state index contributed by atoms with van der Waals surface area (Å²) < 4.78 is 0. The summed E-state index contributed by atoms with van der Waals surface area (Å²) in [6.07, 6.45) is 6.80. The SMILES string of the molecule is CC1CCC(N2CC(C(=O)N3CCC(N)CC3)CC2=O)CC1.Cl. The molecule has 6 heteroatoms. The fourth-order valence-corrected chi connectivity index (χ4v) is 4.18. The zero-order chi connectivity index (χ0) is 15.7. The molecular formula is C17H30ClN3O2. The summed E-state index contributed by atoms with van der Waals surface area (Å²) in [5, 5.41) is 0. The standard InChI is InChI=1S/C17H29N3O2.ClH/c1-12-2-4-15(5-3-12)20-11-13(10-16(20)21)17(22)19-8-6-14(18)7-9-19;/h12-15H,2-11,18H2,1H3;1H. The summed E-state index contributed by atoms with van der Waals surface area (Å²) in [7, 11) is 0. The van der Waals surface area contributed by atoms with Crippen LogP contribution in [0.25, 0.3) is 0 Å². The minimum Gasteiger partial charge on any atom is -0.342 e. The highest BCUT2D eigenvalue weighted by Gasteiger charge is 2.40. The molecule has 2 N–H and O–H groups in total. The van der Waals surface area contributed by atoms with Gasteiger partial charge >= 0.3 is 0 Å². The topological polar surface area (TPSA) is 66.6 Å². The molecule has 132 valence electrons. The number of rotatable bonds is 2. The number of nitrogens with two attached hydrogens (primary N) is 1.